The van der Waals surface area contributed by atoms with E-state index in [1.54, 1.807) is 5.57 Å². The SMILES string of the molecule is C[C@]12CCCC=C1CC[C@H]1[C@@H]3CCC[C@@]3(CO)CC[C@@H]12. The molecule has 0 aliphatic heterocycles. The van der Waals surface area contributed by atoms with Crippen molar-refractivity contribution in [2.45, 2.75) is 71.1 Å². The average Bonchev–Trinajstić information content (AvgIpc) is 2.91. The van der Waals surface area contributed by atoms with Crippen LogP contribution in [0.5, 0.6) is 0 Å². The molecule has 5 atom stereocenters. The second kappa shape index (κ2) is 4.60. The molecule has 4 aliphatic rings. The Bertz CT molecular complexity index is 425. The predicted octanol–water partition coefficient (Wildman–Crippen LogP) is 4.70. The summed E-state index contributed by atoms with van der Waals surface area (Å²) in [6, 6.07) is 0. The molecule has 0 aromatic heterocycles. The van der Waals surface area contributed by atoms with Gasteiger partial charge in [0.25, 0.3) is 0 Å². The zero-order chi connectivity index (χ0) is 13.8. The second-order valence-corrected chi connectivity index (χ2v) is 8.41. The van der Waals surface area contributed by atoms with Gasteiger partial charge < -0.3 is 5.11 Å². The minimum atomic E-state index is 0.327. The first-order chi connectivity index (χ1) is 9.70. The van der Waals surface area contributed by atoms with Crippen LogP contribution in [0.2, 0.25) is 0 Å². The van der Waals surface area contributed by atoms with E-state index in [4.69, 9.17) is 0 Å². The molecule has 0 radical (unpaired) electrons. The summed E-state index contributed by atoms with van der Waals surface area (Å²) in [5.41, 5.74) is 2.65. The Balaban J connectivity index is 1.68. The molecule has 0 heterocycles. The van der Waals surface area contributed by atoms with E-state index < -0.39 is 0 Å². The first-order valence-electron chi connectivity index (χ1n) is 9.00. The maximum atomic E-state index is 10.0. The van der Waals surface area contributed by atoms with E-state index in [-0.39, 0.29) is 0 Å². The van der Waals surface area contributed by atoms with Crippen LogP contribution in [0.25, 0.3) is 0 Å². The fourth-order valence-electron chi connectivity index (χ4n) is 6.82. The van der Waals surface area contributed by atoms with Crippen LogP contribution in [0.4, 0.5) is 0 Å². The van der Waals surface area contributed by atoms with Crippen molar-refractivity contribution in [1.82, 2.24) is 0 Å². The van der Waals surface area contributed by atoms with Gasteiger partial charge in [0, 0.05) is 6.61 Å². The zero-order valence-corrected chi connectivity index (χ0v) is 13.0. The zero-order valence-electron chi connectivity index (χ0n) is 13.0. The monoisotopic (exact) mass is 274 g/mol. The van der Waals surface area contributed by atoms with E-state index >= 15 is 0 Å². The highest BCUT2D eigenvalue weighted by Gasteiger charge is 2.56. The molecular weight excluding hydrogens is 244 g/mol. The quantitative estimate of drug-likeness (QED) is 0.687. The van der Waals surface area contributed by atoms with Crippen molar-refractivity contribution in [1.29, 1.82) is 0 Å². The van der Waals surface area contributed by atoms with Gasteiger partial charge in [-0.3, -0.25) is 0 Å². The summed E-state index contributed by atoms with van der Waals surface area (Å²) < 4.78 is 0. The van der Waals surface area contributed by atoms with E-state index in [0.717, 1.165) is 17.8 Å². The van der Waals surface area contributed by atoms with Gasteiger partial charge in [-0.2, -0.15) is 0 Å². The van der Waals surface area contributed by atoms with E-state index in [1.165, 1.54) is 64.2 Å². The lowest BCUT2D eigenvalue weighted by Crippen LogP contribution is -2.50. The normalized spacial score (nSPS) is 50.9. The number of allylic oxidation sites excluding steroid dienone is 2. The largest absolute Gasteiger partial charge is 0.396 e. The summed E-state index contributed by atoms with van der Waals surface area (Å²) in [6.45, 7) is 3.04. The molecule has 1 nitrogen and oxygen atoms in total. The van der Waals surface area contributed by atoms with Crippen molar-refractivity contribution >= 4 is 0 Å². The predicted molar refractivity (Wildman–Crippen MR) is 82.3 cm³/mol. The third-order valence-electron chi connectivity index (χ3n) is 7.87. The Labute approximate surface area is 123 Å². The molecule has 4 aliphatic carbocycles. The van der Waals surface area contributed by atoms with Crippen LogP contribution in [0.15, 0.2) is 11.6 Å². The Hall–Kier alpha value is -0.300. The van der Waals surface area contributed by atoms with Crippen LogP contribution >= 0.6 is 0 Å². The summed E-state index contributed by atoms with van der Waals surface area (Å²) in [6.07, 6.45) is 16.3. The number of hydrogen-bond acceptors (Lipinski definition) is 1. The highest BCUT2D eigenvalue weighted by atomic mass is 16.3. The van der Waals surface area contributed by atoms with Gasteiger partial charge >= 0.3 is 0 Å². The summed E-state index contributed by atoms with van der Waals surface area (Å²) in [5.74, 6) is 2.68. The molecule has 3 saturated carbocycles. The smallest absolute Gasteiger partial charge is 0.0490 e. The van der Waals surface area contributed by atoms with Gasteiger partial charge in [-0.1, -0.05) is 25.0 Å². The highest BCUT2D eigenvalue weighted by molar-refractivity contribution is 5.23. The summed E-state index contributed by atoms with van der Waals surface area (Å²) >= 11 is 0. The van der Waals surface area contributed by atoms with Crippen molar-refractivity contribution in [2.75, 3.05) is 6.61 Å². The Kier molecular flexibility index (Phi) is 3.07. The molecule has 20 heavy (non-hydrogen) atoms. The van der Waals surface area contributed by atoms with Crippen LogP contribution < -0.4 is 0 Å². The van der Waals surface area contributed by atoms with Crippen molar-refractivity contribution in [3.05, 3.63) is 11.6 Å². The number of hydrogen-bond donors (Lipinski definition) is 1. The fourth-order valence-corrected chi connectivity index (χ4v) is 6.82. The van der Waals surface area contributed by atoms with Gasteiger partial charge in [-0.25, -0.2) is 0 Å². The molecule has 4 rings (SSSR count). The van der Waals surface area contributed by atoms with Crippen molar-refractivity contribution in [3.63, 3.8) is 0 Å². The number of aliphatic hydroxyl groups is 1. The van der Waals surface area contributed by atoms with Crippen molar-refractivity contribution < 1.29 is 5.11 Å². The molecule has 0 saturated heterocycles. The van der Waals surface area contributed by atoms with E-state index in [9.17, 15) is 5.11 Å². The van der Waals surface area contributed by atoms with Crippen LogP contribution in [0.3, 0.4) is 0 Å². The molecule has 0 amide bonds. The van der Waals surface area contributed by atoms with Crippen molar-refractivity contribution in [2.24, 2.45) is 28.6 Å². The van der Waals surface area contributed by atoms with Crippen LogP contribution in [0, 0.1) is 28.6 Å². The van der Waals surface area contributed by atoms with Gasteiger partial charge in [0.05, 0.1) is 0 Å². The Morgan fingerprint density at radius 1 is 1.10 bits per heavy atom. The number of fused-ring (bicyclic) bond motifs is 5. The maximum Gasteiger partial charge on any atom is 0.0490 e. The van der Waals surface area contributed by atoms with Crippen LogP contribution in [-0.2, 0) is 0 Å². The van der Waals surface area contributed by atoms with Crippen molar-refractivity contribution in [3.8, 4) is 0 Å². The molecular formula is C19H30O. The van der Waals surface area contributed by atoms with Crippen LogP contribution in [0.1, 0.15) is 71.1 Å². The van der Waals surface area contributed by atoms with E-state index in [1.807, 2.05) is 0 Å². The standard InChI is InChI=1S/C19H30O/c1-18-10-3-2-5-14(18)7-8-15-16(18)9-12-19(13-20)11-4-6-17(15)19/h5,15-17,20H,2-4,6-13H2,1H3/t15-,16+,17+,18+,19+/m1/s1. The highest BCUT2D eigenvalue weighted by Crippen LogP contribution is 2.65. The molecule has 1 N–H and O–H groups in total. The minimum absolute atomic E-state index is 0.327. The van der Waals surface area contributed by atoms with Gasteiger partial charge in [0.1, 0.15) is 0 Å². The lowest BCUT2D eigenvalue weighted by Gasteiger charge is -2.57. The molecule has 0 aromatic carbocycles. The molecule has 0 spiro atoms. The van der Waals surface area contributed by atoms with Gasteiger partial charge in [-0.05, 0) is 86.4 Å². The molecule has 0 unspecified atom stereocenters. The van der Waals surface area contributed by atoms with E-state index in [0.29, 0.717) is 17.4 Å². The van der Waals surface area contributed by atoms with Crippen LogP contribution in [-0.4, -0.2) is 11.7 Å². The Morgan fingerprint density at radius 3 is 2.85 bits per heavy atom. The number of aliphatic hydroxyl groups excluding tert-OH is 1. The van der Waals surface area contributed by atoms with E-state index in [2.05, 4.69) is 13.0 Å². The number of rotatable bonds is 1. The topological polar surface area (TPSA) is 20.2 Å². The third kappa shape index (κ3) is 1.65. The first-order valence-corrected chi connectivity index (χ1v) is 9.00. The molecule has 1 heteroatoms. The average molecular weight is 274 g/mol. The summed E-state index contributed by atoms with van der Waals surface area (Å²) in [5, 5.41) is 10.0. The first kappa shape index (κ1) is 13.4. The lowest BCUT2D eigenvalue weighted by atomic mass is 9.47. The second-order valence-electron chi connectivity index (χ2n) is 8.41. The lowest BCUT2D eigenvalue weighted by molar-refractivity contribution is -0.0658. The molecule has 112 valence electrons. The fraction of sp³-hybridized carbons (Fsp3) is 0.895. The summed E-state index contributed by atoms with van der Waals surface area (Å²) in [7, 11) is 0. The maximum absolute atomic E-state index is 10.0. The molecule has 0 bridgehead atoms. The third-order valence-corrected chi connectivity index (χ3v) is 7.87. The Morgan fingerprint density at radius 2 is 2.00 bits per heavy atom. The van der Waals surface area contributed by atoms with Gasteiger partial charge in [0.2, 0.25) is 0 Å². The summed E-state index contributed by atoms with van der Waals surface area (Å²) in [4.78, 5) is 0. The van der Waals surface area contributed by atoms with Gasteiger partial charge in [-0.15, -0.1) is 0 Å². The molecule has 0 aromatic rings. The van der Waals surface area contributed by atoms with Gasteiger partial charge in [0.15, 0.2) is 0 Å². The minimum Gasteiger partial charge on any atom is -0.396 e. The molecule has 3 fully saturated rings.